The van der Waals surface area contributed by atoms with Gasteiger partial charge in [-0.05, 0) is 86.6 Å². The standard InChI is InChI=1S/C46H36O8S4/c1-27-11-15-29(16-12-27)55-35-19-21-37(57-33-9-5-3-7-31(33)45(51)53-25-23-47)41-39(35)43(49)42-38(58-34-10-6-4-8-32(34)46(52)54-26-24-48)22-20-36(40(42)44(41)50)56-30-17-13-28(2)14-18-30/h3-22,47-48H,23-26H2,1-2H3. The van der Waals surface area contributed by atoms with E-state index in [0.717, 1.165) is 20.9 Å². The summed E-state index contributed by atoms with van der Waals surface area (Å²) in [6.45, 7) is 3.00. The fraction of sp³-hybridized carbons (Fsp3) is 0.130. The molecule has 2 N–H and O–H groups in total. The lowest BCUT2D eigenvalue weighted by Gasteiger charge is -2.26. The van der Waals surface area contributed by atoms with Crippen molar-refractivity contribution in [2.75, 3.05) is 26.4 Å². The van der Waals surface area contributed by atoms with Crippen LogP contribution in [0.15, 0.2) is 160 Å². The van der Waals surface area contributed by atoms with E-state index in [1.807, 2.05) is 86.6 Å². The predicted molar refractivity (Wildman–Crippen MR) is 226 cm³/mol. The van der Waals surface area contributed by atoms with Crippen molar-refractivity contribution in [3.63, 3.8) is 0 Å². The second-order valence-electron chi connectivity index (χ2n) is 13.0. The number of ether oxygens (including phenoxy) is 2. The number of carbonyl (C=O) groups is 4. The third-order valence-corrected chi connectivity index (χ3v) is 13.4. The zero-order valence-corrected chi connectivity index (χ0v) is 34.6. The second kappa shape index (κ2) is 18.7. The number of ketones is 2. The Morgan fingerprint density at radius 1 is 0.448 bits per heavy atom. The number of aryl methyl sites for hydroxylation is 2. The fourth-order valence-corrected chi connectivity index (χ4v) is 10.3. The normalized spacial score (nSPS) is 11.9. The first-order valence-electron chi connectivity index (χ1n) is 18.2. The molecule has 0 amide bonds. The molecular weight excluding hydrogens is 809 g/mol. The molecule has 58 heavy (non-hydrogen) atoms. The average molecular weight is 845 g/mol. The van der Waals surface area contributed by atoms with Crippen LogP contribution in [0, 0.1) is 13.8 Å². The summed E-state index contributed by atoms with van der Waals surface area (Å²) in [7, 11) is 0. The molecule has 1 aliphatic rings. The van der Waals surface area contributed by atoms with E-state index in [4.69, 9.17) is 9.47 Å². The highest BCUT2D eigenvalue weighted by Gasteiger charge is 2.38. The van der Waals surface area contributed by atoms with Crippen molar-refractivity contribution in [1.82, 2.24) is 0 Å². The molecule has 6 aromatic carbocycles. The number of aliphatic hydroxyl groups is 2. The molecule has 0 aromatic heterocycles. The Labute approximate surface area is 352 Å². The number of hydrogen-bond acceptors (Lipinski definition) is 12. The molecule has 0 aliphatic heterocycles. The predicted octanol–water partition coefficient (Wildman–Crippen LogP) is 9.98. The molecule has 0 fully saturated rings. The molecule has 0 unspecified atom stereocenters. The Bertz CT molecular complexity index is 2360. The summed E-state index contributed by atoms with van der Waals surface area (Å²) in [5.41, 5.74) is 3.59. The number of aliphatic hydroxyl groups excluding tert-OH is 2. The number of fused-ring (bicyclic) bond motifs is 2. The van der Waals surface area contributed by atoms with Crippen molar-refractivity contribution in [3.8, 4) is 0 Å². The summed E-state index contributed by atoms with van der Waals surface area (Å²) in [6.07, 6.45) is 0. The lowest BCUT2D eigenvalue weighted by Crippen LogP contribution is -2.24. The maximum absolute atomic E-state index is 15.4. The van der Waals surface area contributed by atoms with Crippen molar-refractivity contribution < 1.29 is 38.9 Å². The second-order valence-corrected chi connectivity index (χ2v) is 17.4. The Kier molecular flexibility index (Phi) is 13.2. The Morgan fingerprint density at radius 2 is 0.776 bits per heavy atom. The van der Waals surface area contributed by atoms with Crippen molar-refractivity contribution >= 4 is 70.6 Å². The third kappa shape index (κ3) is 8.97. The molecule has 1 aliphatic carbocycles. The molecule has 292 valence electrons. The largest absolute Gasteiger partial charge is 0.460 e. The van der Waals surface area contributed by atoms with Crippen molar-refractivity contribution in [2.24, 2.45) is 0 Å². The minimum absolute atomic E-state index is 0.169. The molecule has 0 bridgehead atoms. The molecule has 0 saturated carbocycles. The first-order valence-corrected chi connectivity index (χ1v) is 21.5. The third-order valence-electron chi connectivity index (χ3n) is 8.97. The number of benzene rings is 6. The van der Waals surface area contributed by atoms with Crippen LogP contribution in [0.2, 0.25) is 0 Å². The Morgan fingerprint density at radius 3 is 1.12 bits per heavy atom. The maximum atomic E-state index is 15.4. The van der Waals surface area contributed by atoms with E-state index in [-0.39, 0.29) is 71.4 Å². The molecule has 0 heterocycles. The Balaban J connectivity index is 1.42. The van der Waals surface area contributed by atoms with E-state index in [1.54, 1.807) is 48.5 Å². The first kappa shape index (κ1) is 41.1. The van der Waals surface area contributed by atoms with Crippen LogP contribution in [0.1, 0.15) is 63.7 Å². The summed E-state index contributed by atoms with van der Waals surface area (Å²) >= 11 is 5.15. The highest BCUT2D eigenvalue weighted by atomic mass is 32.2. The summed E-state index contributed by atoms with van der Waals surface area (Å²) in [4.78, 5) is 62.0. The van der Waals surface area contributed by atoms with Gasteiger partial charge in [-0.1, -0.05) is 107 Å². The van der Waals surface area contributed by atoms with Crippen LogP contribution in [-0.2, 0) is 9.47 Å². The van der Waals surface area contributed by atoms with Gasteiger partial charge in [0, 0.05) is 61.4 Å². The van der Waals surface area contributed by atoms with E-state index >= 15 is 9.59 Å². The molecule has 6 aromatic rings. The number of rotatable bonds is 14. The van der Waals surface area contributed by atoms with Crippen molar-refractivity contribution in [2.45, 2.75) is 53.0 Å². The van der Waals surface area contributed by atoms with Gasteiger partial charge in [-0.25, -0.2) is 9.59 Å². The fourth-order valence-electron chi connectivity index (χ4n) is 6.21. The van der Waals surface area contributed by atoms with Crippen molar-refractivity contribution in [3.05, 3.63) is 166 Å². The molecular formula is C46H36O8S4. The van der Waals surface area contributed by atoms with Gasteiger partial charge in [0.2, 0.25) is 0 Å². The molecule has 0 spiro atoms. The van der Waals surface area contributed by atoms with Crippen LogP contribution in [0.5, 0.6) is 0 Å². The zero-order chi connectivity index (χ0) is 40.8. The lowest BCUT2D eigenvalue weighted by atomic mass is 9.84. The van der Waals surface area contributed by atoms with Gasteiger partial charge < -0.3 is 19.7 Å². The monoisotopic (exact) mass is 844 g/mol. The van der Waals surface area contributed by atoms with E-state index in [1.165, 1.54) is 47.0 Å². The van der Waals surface area contributed by atoms with Gasteiger partial charge in [0.1, 0.15) is 13.2 Å². The lowest BCUT2D eigenvalue weighted by molar-refractivity contribution is 0.0423. The van der Waals surface area contributed by atoms with Crippen LogP contribution in [-0.4, -0.2) is 60.1 Å². The number of hydrogen-bond donors (Lipinski definition) is 2. The molecule has 8 nitrogen and oxygen atoms in total. The molecule has 7 rings (SSSR count). The summed E-state index contributed by atoms with van der Waals surface area (Å²) in [5, 5.41) is 18.6. The van der Waals surface area contributed by atoms with Gasteiger partial charge >= 0.3 is 11.9 Å². The van der Waals surface area contributed by atoms with Gasteiger partial charge in [-0.15, -0.1) is 0 Å². The highest BCUT2D eigenvalue weighted by molar-refractivity contribution is 8.00. The van der Waals surface area contributed by atoms with Crippen LogP contribution in [0.4, 0.5) is 0 Å². The highest BCUT2D eigenvalue weighted by Crippen LogP contribution is 2.48. The number of esters is 2. The maximum Gasteiger partial charge on any atom is 0.339 e. The summed E-state index contributed by atoms with van der Waals surface area (Å²) < 4.78 is 10.5. The van der Waals surface area contributed by atoms with Gasteiger partial charge in [0.05, 0.1) is 24.3 Å². The van der Waals surface area contributed by atoms with Crippen LogP contribution < -0.4 is 0 Å². The minimum Gasteiger partial charge on any atom is -0.460 e. The SMILES string of the molecule is Cc1ccc(Sc2ccc(Sc3ccccc3C(=O)OCCO)c3c2C(=O)c2c(Sc4ccccc4C(=O)OCCO)ccc(Sc4ccc(C)cc4)c2C3=O)cc1. The Hall–Kier alpha value is -5.08. The molecule has 0 saturated heterocycles. The van der Waals surface area contributed by atoms with E-state index in [2.05, 4.69) is 0 Å². The summed E-state index contributed by atoms with van der Waals surface area (Å²) in [5.74, 6) is -1.95. The molecule has 0 radical (unpaired) electrons. The van der Waals surface area contributed by atoms with Gasteiger partial charge in [-0.3, -0.25) is 9.59 Å². The van der Waals surface area contributed by atoms with Crippen LogP contribution >= 0.6 is 47.0 Å². The van der Waals surface area contributed by atoms with Crippen LogP contribution in [0.25, 0.3) is 0 Å². The minimum atomic E-state index is -0.621. The zero-order valence-electron chi connectivity index (χ0n) is 31.4. The quantitative estimate of drug-likeness (QED) is 0.101. The van der Waals surface area contributed by atoms with E-state index < -0.39 is 11.9 Å². The molecule has 12 heteroatoms. The van der Waals surface area contributed by atoms with E-state index in [9.17, 15) is 19.8 Å². The average Bonchev–Trinajstić information content (AvgIpc) is 3.23. The van der Waals surface area contributed by atoms with Crippen LogP contribution in [0.3, 0.4) is 0 Å². The van der Waals surface area contributed by atoms with Gasteiger partial charge in [0.25, 0.3) is 0 Å². The smallest absolute Gasteiger partial charge is 0.339 e. The first-order chi connectivity index (χ1) is 28.2. The van der Waals surface area contributed by atoms with Gasteiger partial charge in [-0.2, -0.15) is 0 Å². The summed E-state index contributed by atoms with van der Waals surface area (Å²) in [6, 6.07) is 36.8. The number of carbonyl (C=O) groups excluding carboxylic acids is 4. The van der Waals surface area contributed by atoms with Crippen molar-refractivity contribution in [1.29, 1.82) is 0 Å². The van der Waals surface area contributed by atoms with Gasteiger partial charge in [0.15, 0.2) is 11.6 Å². The van der Waals surface area contributed by atoms with E-state index in [0.29, 0.717) is 29.4 Å². The topological polar surface area (TPSA) is 127 Å². The molecule has 0 atom stereocenters.